The summed E-state index contributed by atoms with van der Waals surface area (Å²) in [5, 5.41) is 2.84. The van der Waals surface area contributed by atoms with Gasteiger partial charge in [0.25, 0.3) is 0 Å². The number of ketones is 1. The van der Waals surface area contributed by atoms with Crippen LogP contribution in [0.5, 0.6) is 0 Å². The fourth-order valence-corrected chi connectivity index (χ4v) is 1.29. The van der Waals surface area contributed by atoms with Gasteiger partial charge in [-0.05, 0) is 19.3 Å². The second-order valence-corrected chi connectivity index (χ2v) is 3.36. The maximum absolute atomic E-state index is 11.3. The number of Topliss-reactive ketones (excluding diaryl/α,β-unsaturated/α-hetero) is 1. The molecule has 0 fully saturated rings. The highest BCUT2D eigenvalue weighted by Crippen LogP contribution is 2.03. The zero-order chi connectivity index (χ0) is 11.7. The van der Waals surface area contributed by atoms with E-state index < -0.39 is 6.04 Å². The maximum atomic E-state index is 11.3. The maximum Gasteiger partial charge on any atom is 0.163 e. The molecular formula is C9H20N4O2. The van der Waals surface area contributed by atoms with E-state index in [1.807, 2.05) is 0 Å². The molecule has 0 aliphatic carbocycles. The van der Waals surface area contributed by atoms with Gasteiger partial charge in [-0.1, -0.05) is 0 Å². The van der Waals surface area contributed by atoms with Crippen LogP contribution in [-0.2, 0) is 9.59 Å². The lowest BCUT2D eigenvalue weighted by Gasteiger charge is -2.15. The molecule has 2 atom stereocenters. The second kappa shape index (κ2) is 8.49. The van der Waals surface area contributed by atoms with Crippen LogP contribution in [0.25, 0.3) is 0 Å². The Labute approximate surface area is 89.6 Å². The van der Waals surface area contributed by atoms with Crippen LogP contribution in [0.15, 0.2) is 0 Å². The van der Waals surface area contributed by atoms with Crippen LogP contribution < -0.4 is 22.5 Å². The number of nitrogens with one attached hydrogen (secondary N) is 1. The van der Waals surface area contributed by atoms with Crippen molar-refractivity contribution in [2.75, 3.05) is 13.2 Å². The molecule has 0 aliphatic heterocycles. The number of hydrogen-bond acceptors (Lipinski definition) is 6. The highest BCUT2D eigenvalue weighted by atomic mass is 16.1. The zero-order valence-corrected chi connectivity index (χ0v) is 8.82. The first-order chi connectivity index (χ1) is 7.15. The lowest BCUT2D eigenvalue weighted by Crippen LogP contribution is -2.43. The molecule has 0 aliphatic rings. The summed E-state index contributed by atoms with van der Waals surface area (Å²) >= 11 is 0. The van der Waals surface area contributed by atoms with Gasteiger partial charge in [0.15, 0.2) is 5.78 Å². The smallest absolute Gasteiger partial charge is 0.163 e. The van der Waals surface area contributed by atoms with Crippen molar-refractivity contribution in [3.63, 3.8) is 0 Å². The van der Waals surface area contributed by atoms with Gasteiger partial charge in [-0.15, -0.1) is 0 Å². The Hall–Kier alpha value is -0.820. The van der Waals surface area contributed by atoms with Crippen molar-refractivity contribution < 1.29 is 9.59 Å². The van der Waals surface area contributed by atoms with Crippen LogP contribution in [0.4, 0.5) is 0 Å². The monoisotopic (exact) mass is 216 g/mol. The molecule has 88 valence electrons. The van der Waals surface area contributed by atoms with Gasteiger partial charge in [0.2, 0.25) is 0 Å². The van der Waals surface area contributed by atoms with Crippen molar-refractivity contribution in [1.29, 1.82) is 0 Å². The van der Waals surface area contributed by atoms with Gasteiger partial charge in [-0.3, -0.25) is 10.1 Å². The van der Waals surface area contributed by atoms with E-state index in [0.717, 1.165) is 0 Å². The van der Waals surface area contributed by atoms with Gasteiger partial charge in [0.05, 0.1) is 18.6 Å². The minimum atomic E-state index is -0.448. The molecular weight excluding hydrogens is 196 g/mol. The SMILES string of the molecule is NCNC(CCCC(N)C=O)C(=O)CN. The van der Waals surface area contributed by atoms with Crippen molar-refractivity contribution in [2.45, 2.75) is 31.3 Å². The summed E-state index contributed by atoms with van der Waals surface area (Å²) < 4.78 is 0. The molecule has 6 heteroatoms. The third-order valence-electron chi connectivity index (χ3n) is 2.16. The average Bonchev–Trinajstić information content (AvgIpc) is 2.26. The quantitative estimate of drug-likeness (QED) is 0.263. The number of aldehydes is 1. The van der Waals surface area contributed by atoms with Gasteiger partial charge in [0.1, 0.15) is 6.29 Å². The van der Waals surface area contributed by atoms with E-state index in [1.54, 1.807) is 0 Å². The molecule has 0 bridgehead atoms. The fraction of sp³-hybridized carbons (Fsp3) is 0.778. The van der Waals surface area contributed by atoms with Crippen LogP contribution in [0.2, 0.25) is 0 Å². The summed E-state index contributed by atoms with van der Waals surface area (Å²) in [6, 6.07) is -0.768. The highest BCUT2D eigenvalue weighted by molar-refractivity contribution is 5.85. The Bertz CT molecular complexity index is 199. The van der Waals surface area contributed by atoms with E-state index >= 15 is 0 Å². The Morgan fingerprint density at radius 1 is 1.33 bits per heavy atom. The Balaban J connectivity index is 3.85. The summed E-state index contributed by atoms with van der Waals surface area (Å²) in [7, 11) is 0. The number of carbonyl (C=O) groups is 2. The number of hydrogen-bond donors (Lipinski definition) is 4. The molecule has 0 spiro atoms. The van der Waals surface area contributed by atoms with E-state index in [9.17, 15) is 9.59 Å². The third-order valence-corrected chi connectivity index (χ3v) is 2.16. The van der Waals surface area contributed by atoms with Crippen molar-refractivity contribution in [1.82, 2.24) is 5.32 Å². The van der Waals surface area contributed by atoms with Gasteiger partial charge in [-0.2, -0.15) is 0 Å². The van der Waals surface area contributed by atoms with Crippen molar-refractivity contribution >= 4 is 12.1 Å². The summed E-state index contributed by atoms with van der Waals surface area (Å²) in [6.07, 6.45) is 2.58. The number of nitrogens with two attached hydrogens (primary N) is 3. The molecule has 0 heterocycles. The van der Waals surface area contributed by atoms with E-state index in [2.05, 4.69) is 5.32 Å². The summed E-state index contributed by atoms with van der Waals surface area (Å²) in [4.78, 5) is 21.6. The predicted octanol–water partition coefficient (Wildman–Crippen LogP) is -1.91. The molecule has 0 amide bonds. The summed E-state index contributed by atoms with van der Waals surface area (Å²) in [5.41, 5.74) is 16.0. The minimum Gasteiger partial charge on any atom is -0.324 e. The molecule has 0 radical (unpaired) electrons. The lowest BCUT2D eigenvalue weighted by atomic mass is 10.0. The van der Waals surface area contributed by atoms with Gasteiger partial charge < -0.3 is 22.0 Å². The average molecular weight is 216 g/mol. The van der Waals surface area contributed by atoms with E-state index in [1.165, 1.54) is 0 Å². The second-order valence-electron chi connectivity index (χ2n) is 3.36. The van der Waals surface area contributed by atoms with E-state index in [0.29, 0.717) is 25.5 Å². The first-order valence-corrected chi connectivity index (χ1v) is 5.02. The molecule has 0 aromatic carbocycles. The standard InChI is InChI=1S/C9H20N4O2/c10-4-9(15)8(13-6-11)3-1-2-7(12)5-14/h5,7-8,13H,1-4,6,10-12H2. The number of carbonyl (C=O) groups excluding carboxylic acids is 2. The van der Waals surface area contributed by atoms with Crippen LogP contribution >= 0.6 is 0 Å². The van der Waals surface area contributed by atoms with Crippen molar-refractivity contribution in [2.24, 2.45) is 17.2 Å². The molecule has 6 nitrogen and oxygen atoms in total. The molecule has 0 aromatic heterocycles. The largest absolute Gasteiger partial charge is 0.324 e. The van der Waals surface area contributed by atoms with Gasteiger partial charge in [0, 0.05) is 6.67 Å². The summed E-state index contributed by atoms with van der Waals surface area (Å²) in [6.45, 7) is 0.230. The fourth-order valence-electron chi connectivity index (χ4n) is 1.29. The van der Waals surface area contributed by atoms with E-state index in [4.69, 9.17) is 17.2 Å². The molecule has 0 rings (SSSR count). The van der Waals surface area contributed by atoms with Gasteiger partial charge >= 0.3 is 0 Å². The molecule has 0 saturated carbocycles. The predicted molar refractivity (Wildman–Crippen MR) is 57.9 cm³/mol. The third kappa shape index (κ3) is 6.29. The van der Waals surface area contributed by atoms with Crippen LogP contribution in [0.3, 0.4) is 0 Å². The molecule has 0 aromatic rings. The van der Waals surface area contributed by atoms with E-state index in [-0.39, 0.29) is 25.0 Å². The minimum absolute atomic E-state index is 0.00258. The molecule has 7 N–H and O–H groups in total. The number of rotatable bonds is 9. The lowest BCUT2D eigenvalue weighted by molar-refractivity contribution is -0.119. The van der Waals surface area contributed by atoms with Crippen LogP contribution in [-0.4, -0.2) is 37.4 Å². The van der Waals surface area contributed by atoms with Crippen molar-refractivity contribution in [3.8, 4) is 0 Å². The Morgan fingerprint density at radius 3 is 2.47 bits per heavy atom. The summed E-state index contributed by atoms with van der Waals surface area (Å²) in [5.74, 6) is -0.0693. The molecule has 0 saturated heterocycles. The molecule has 2 unspecified atom stereocenters. The van der Waals surface area contributed by atoms with Gasteiger partial charge in [-0.25, -0.2) is 0 Å². The molecule has 15 heavy (non-hydrogen) atoms. The highest BCUT2D eigenvalue weighted by Gasteiger charge is 2.15. The first kappa shape index (κ1) is 14.2. The topological polar surface area (TPSA) is 124 Å². The Morgan fingerprint density at radius 2 is 2.00 bits per heavy atom. The first-order valence-electron chi connectivity index (χ1n) is 5.02. The van der Waals surface area contributed by atoms with Crippen molar-refractivity contribution in [3.05, 3.63) is 0 Å². The normalized spacial score (nSPS) is 14.6. The Kier molecular flexibility index (Phi) is 8.02. The van der Waals surface area contributed by atoms with Crippen LogP contribution in [0, 0.1) is 0 Å². The van der Waals surface area contributed by atoms with Crippen LogP contribution in [0.1, 0.15) is 19.3 Å². The zero-order valence-electron chi connectivity index (χ0n) is 8.82.